The van der Waals surface area contributed by atoms with Crippen molar-refractivity contribution in [3.8, 4) is 0 Å². The number of ketones is 2. The highest BCUT2D eigenvalue weighted by molar-refractivity contribution is 6.13. The Kier molecular flexibility index (Phi) is 18.2. The van der Waals surface area contributed by atoms with Gasteiger partial charge >= 0.3 is 0 Å². The predicted molar refractivity (Wildman–Crippen MR) is 248 cm³/mol. The Bertz CT molecular complexity index is 1960. The van der Waals surface area contributed by atoms with Gasteiger partial charge in [0.25, 0.3) is 0 Å². The molecule has 4 unspecified atom stereocenters. The number of likely N-dealkylation sites (N-methyl/N-ethyl adjacent to an activating group) is 1. The topological polar surface area (TPSA) is 194 Å². The van der Waals surface area contributed by atoms with Crippen LogP contribution >= 0.6 is 0 Å². The van der Waals surface area contributed by atoms with E-state index in [2.05, 4.69) is 22.8 Å². The second-order valence-corrected chi connectivity index (χ2v) is 18.2. The number of carbonyl (C=O) groups is 5. The number of nitrogens with zero attached hydrogens (tertiary/aromatic N) is 2. The van der Waals surface area contributed by atoms with Gasteiger partial charge in [0.2, 0.25) is 17.7 Å². The molecule has 0 radical (unpaired) electrons. The molecule has 3 aromatic rings. The van der Waals surface area contributed by atoms with Gasteiger partial charge < -0.3 is 32.7 Å². The van der Waals surface area contributed by atoms with Gasteiger partial charge in [0, 0.05) is 30.6 Å². The monoisotopic (exact) mass is 862 g/mol. The van der Waals surface area contributed by atoms with E-state index < -0.39 is 47.8 Å². The van der Waals surface area contributed by atoms with Crippen LogP contribution in [0.1, 0.15) is 121 Å². The van der Waals surface area contributed by atoms with Gasteiger partial charge in [-0.2, -0.15) is 0 Å². The van der Waals surface area contributed by atoms with Gasteiger partial charge in [-0.15, -0.1) is 0 Å². The molecule has 63 heavy (non-hydrogen) atoms. The second-order valence-electron chi connectivity index (χ2n) is 18.2. The third-order valence-corrected chi connectivity index (χ3v) is 13.7. The van der Waals surface area contributed by atoms with E-state index in [0.717, 1.165) is 68.3 Å². The van der Waals surface area contributed by atoms with Crippen molar-refractivity contribution in [1.29, 1.82) is 0 Å². The summed E-state index contributed by atoms with van der Waals surface area (Å²) in [4.78, 5) is 77.5. The number of nitrogens with two attached hydrogens (primary N) is 3. The molecule has 0 spiro atoms. The average molecular weight is 862 g/mol. The van der Waals surface area contributed by atoms with E-state index in [9.17, 15) is 19.2 Å². The number of piperidine rings is 1. The summed E-state index contributed by atoms with van der Waals surface area (Å²) in [6.45, 7) is 1.98. The zero-order valence-corrected chi connectivity index (χ0v) is 37.4. The molecule has 2 heterocycles. The third-order valence-electron chi connectivity index (χ3n) is 13.7. The molecular formula is C51H71N7O5. The van der Waals surface area contributed by atoms with E-state index in [1.807, 2.05) is 48.5 Å². The van der Waals surface area contributed by atoms with E-state index in [4.69, 9.17) is 17.2 Å². The lowest BCUT2D eigenvalue weighted by molar-refractivity contribution is -0.157. The number of nitrogens with one attached hydrogen (secondary N) is 2. The minimum Gasteiger partial charge on any atom is -0.341 e. The van der Waals surface area contributed by atoms with Gasteiger partial charge in [0.05, 0.1) is 24.2 Å². The van der Waals surface area contributed by atoms with Gasteiger partial charge in [-0.3, -0.25) is 28.9 Å². The fourth-order valence-corrected chi connectivity index (χ4v) is 10.0. The zero-order chi connectivity index (χ0) is 44.7. The predicted octanol–water partition coefficient (Wildman–Crippen LogP) is 5.14. The molecule has 6 rings (SSSR count). The number of likely N-dealkylation sites (tertiary alicyclic amines) is 1. The van der Waals surface area contributed by atoms with Crippen LogP contribution in [-0.4, -0.2) is 103 Å². The summed E-state index contributed by atoms with van der Waals surface area (Å²) in [7, 11) is 1.72. The average Bonchev–Trinajstić information content (AvgIpc) is 3.87. The molecule has 0 aromatic heterocycles. The first kappa shape index (κ1) is 47.9. The summed E-state index contributed by atoms with van der Waals surface area (Å²) in [6, 6.07) is 20.5. The van der Waals surface area contributed by atoms with Crippen LogP contribution in [0.15, 0.2) is 78.9 Å². The first-order chi connectivity index (χ1) is 30.6. The Morgan fingerprint density at radius 1 is 0.746 bits per heavy atom. The van der Waals surface area contributed by atoms with E-state index in [1.54, 1.807) is 30.1 Å². The zero-order valence-electron chi connectivity index (χ0n) is 37.4. The Morgan fingerprint density at radius 3 is 2.06 bits per heavy atom. The Hall–Kier alpha value is -4.59. The normalized spacial score (nSPS) is 19.2. The summed E-state index contributed by atoms with van der Waals surface area (Å²) < 4.78 is 0. The molecule has 1 aliphatic carbocycles. The van der Waals surface area contributed by atoms with Crippen molar-refractivity contribution in [3.05, 3.63) is 107 Å². The van der Waals surface area contributed by atoms with Crippen LogP contribution in [0.4, 0.5) is 0 Å². The molecule has 340 valence electrons. The molecule has 2 saturated heterocycles. The van der Waals surface area contributed by atoms with E-state index in [-0.39, 0.29) is 35.2 Å². The van der Waals surface area contributed by atoms with Crippen LogP contribution in [0.2, 0.25) is 0 Å². The minimum atomic E-state index is -1.31. The van der Waals surface area contributed by atoms with Crippen LogP contribution in [0.25, 0.3) is 0 Å². The maximum atomic E-state index is 15.3. The number of benzene rings is 3. The van der Waals surface area contributed by atoms with Gasteiger partial charge in [0.1, 0.15) is 6.04 Å². The summed E-state index contributed by atoms with van der Waals surface area (Å²) in [5.74, 6) is -1.52. The SMILES string of the molecule is CNC(Cc1ccccc1)C(=O)c1cccc(CC(C(=O)N2CCC(Cc3ccccc3)CC2)N(C(=O)C2CCCN2)C(=O)[C@H](N)CC2CCCCC2)c1C(=O)C(N)CCCCN. The smallest absolute Gasteiger partial charge is 0.247 e. The van der Waals surface area contributed by atoms with Crippen LogP contribution in [-0.2, 0) is 33.6 Å². The van der Waals surface area contributed by atoms with Gasteiger partial charge in [-0.25, -0.2) is 0 Å². The molecule has 8 N–H and O–H groups in total. The standard InChI is InChI=1S/C51H71N7O5/c1-55-44(33-37-19-9-4-10-20-37)47(59)40-22-13-21-39(46(40)48(60)41(53)23-11-12-27-52)34-45(51(63)57-29-25-38(26-30-57)31-35-15-5-2-6-16-35)58(50(62)43-24-14-28-56-43)49(61)42(54)32-36-17-7-3-8-18-36/h2,4-6,9-10,13,15-16,19-22,36,38,41-45,55-56H,3,7-8,11-12,14,17-18,23-34,52-54H2,1H3/t41?,42-,43?,44?,45?/m1/s1. The minimum absolute atomic E-state index is 0.126. The van der Waals surface area contributed by atoms with Crippen LogP contribution in [0, 0.1) is 11.8 Å². The lowest BCUT2D eigenvalue weighted by atomic mass is 9.84. The van der Waals surface area contributed by atoms with Crippen molar-refractivity contribution in [2.45, 2.75) is 133 Å². The Balaban J connectivity index is 1.41. The van der Waals surface area contributed by atoms with Crippen molar-refractivity contribution >= 4 is 29.3 Å². The number of hydrogen-bond acceptors (Lipinski definition) is 10. The molecule has 3 aliphatic rings. The van der Waals surface area contributed by atoms with Gasteiger partial charge in [0.15, 0.2) is 11.6 Å². The van der Waals surface area contributed by atoms with Crippen molar-refractivity contribution < 1.29 is 24.0 Å². The number of carbonyl (C=O) groups excluding carboxylic acids is 5. The quantitative estimate of drug-likeness (QED) is 0.0708. The molecule has 12 nitrogen and oxygen atoms in total. The molecule has 1 saturated carbocycles. The lowest BCUT2D eigenvalue weighted by Crippen LogP contribution is -2.61. The number of imide groups is 1. The Morgan fingerprint density at radius 2 is 1.43 bits per heavy atom. The third kappa shape index (κ3) is 12.8. The highest BCUT2D eigenvalue weighted by Gasteiger charge is 2.44. The number of hydrogen-bond donors (Lipinski definition) is 5. The first-order valence-electron chi connectivity index (χ1n) is 23.6. The maximum absolute atomic E-state index is 15.3. The van der Waals surface area contributed by atoms with Gasteiger partial charge in [-0.1, -0.05) is 117 Å². The molecule has 3 fully saturated rings. The fourth-order valence-electron chi connectivity index (χ4n) is 10.0. The number of Topliss-reactive ketones (excluding diaryl/α,β-unsaturated/α-hetero) is 2. The van der Waals surface area contributed by atoms with Crippen LogP contribution < -0.4 is 27.8 Å². The largest absolute Gasteiger partial charge is 0.341 e. The second kappa shape index (κ2) is 23.9. The molecule has 12 heteroatoms. The van der Waals surface area contributed by atoms with Crippen molar-refractivity contribution in [2.24, 2.45) is 29.0 Å². The highest BCUT2D eigenvalue weighted by Crippen LogP contribution is 2.30. The van der Waals surface area contributed by atoms with Crippen LogP contribution in [0.5, 0.6) is 0 Å². The van der Waals surface area contributed by atoms with E-state index in [0.29, 0.717) is 76.2 Å². The van der Waals surface area contributed by atoms with Crippen LogP contribution in [0.3, 0.4) is 0 Å². The number of rotatable bonds is 21. The van der Waals surface area contributed by atoms with Gasteiger partial charge in [-0.05, 0) is 106 Å². The first-order valence-corrected chi connectivity index (χ1v) is 23.6. The van der Waals surface area contributed by atoms with Crippen molar-refractivity contribution in [2.75, 3.05) is 33.2 Å². The summed E-state index contributed by atoms with van der Waals surface area (Å²) in [6.07, 6.45) is 11.2. The fraction of sp³-hybridized carbons (Fsp3) is 0.549. The molecule has 3 aromatic carbocycles. The molecule has 5 atom stereocenters. The van der Waals surface area contributed by atoms with Crippen molar-refractivity contribution in [1.82, 2.24) is 20.4 Å². The number of amides is 3. The molecule has 3 amide bonds. The molecular weight excluding hydrogens is 791 g/mol. The van der Waals surface area contributed by atoms with E-state index in [1.165, 1.54) is 5.56 Å². The summed E-state index contributed by atoms with van der Waals surface area (Å²) in [5, 5.41) is 6.44. The number of unbranched alkanes of at least 4 members (excludes halogenated alkanes) is 1. The lowest BCUT2D eigenvalue weighted by Gasteiger charge is -2.39. The summed E-state index contributed by atoms with van der Waals surface area (Å²) >= 11 is 0. The molecule has 0 bridgehead atoms. The van der Waals surface area contributed by atoms with E-state index >= 15 is 4.79 Å². The Labute approximate surface area is 374 Å². The maximum Gasteiger partial charge on any atom is 0.247 e. The molecule has 2 aliphatic heterocycles. The highest BCUT2D eigenvalue weighted by atomic mass is 16.2. The van der Waals surface area contributed by atoms with Crippen molar-refractivity contribution in [3.63, 3.8) is 0 Å². The summed E-state index contributed by atoms with van der Waals surface area (Å²) in [5.41, 5.74) is 22.2.